The molecule has 0 bridgehead atoms. The van der Waals surface area contributed by atoms with E-state index in [1.54, 1.807) is 45.0 Å². The smallest absolute Gasteiger partial charge is 0.408 e. The second-order valence-corrected chi connectivity index (χ2v) is 9.86. The summed E-state index contributed by atoms with van der Waals surface area (Å²) in [5.74, 6) is 0.828. The zero-order valence-electron chi connectivity index (χ0n) is 22.6. The number of alkyl carbamates (subject to hydrolysis) is 1. The van der Waals surface area contributed by atoms with E-state index >= 15 is 0 Å². The number of nitrogens with two attached hydrogens (primary N) is 1. The third kappa shape index (κ3) is 10.0. The lowest BCUT2D eigenvalue weighted by atomic mass is 10.00. The highest BCUT2D eigenvalue weighted by atomic mass is 16.6. The molecular formula is C30H36N4O5. The van der Waals surface area contributed by atoms with Gasteiger partial charge in [-0.05, 0) is 50.5 Å². The van der Waals surface area contributed by atoms with E-state index < -0.39 is 41.5 Å². The van der Waals surface area contributed by atoms with Gasteiger partial charge in [0.2, 0.25) is 17.7 Å². The first-order valence-corrected chi connectivity index (χ1v) is 12.5. The first-order chi connectivity index (χ1) is 18.4. The Hall–Kier alpha value is -4.58. The van der Waals surface area contributed by atoms with Crippen LogP contribution in [-0.2, 0) is 25.7 Å². The predicted octanol–water partition coefficient (Wildman–Crippen LogP) is 3.20. The molecule has 2 atom stereocenters. The third-order valence-electron chi connectivity index (χ3n) is 5.54. The van der Waals surface area contributed by atoms with Gasteiger partial charge in [-0.2, -0.15) is 0 Å². The maximum atomic E-state index is 13.9. The molecule has 0 saturated carbocycles. The van der Waals surface area contributed by atoms with Crippen molar-refractivity contribution in [3.05, 3.63) is 83.9 Å². The van der Waals surface area contributed by atoms with Crippen LogP contribution in [0.2, 0.25) is 0 Å². The minimum atomic E-state index is -1.19. The Labute approximate surface area is 229 Å². The van der Waals surface area contributed by atoms with Crippen LogP contribution in [-0.4, -0.2) is 46.9 Å². The molecular weight excluding hydrogens is 496 g/mol. The molecule has 9 nitrogen and oxygen atoms in total. The standard InChI is InChI=1S/C30H36N4O5/c1-6-19-34(28(37)24(17-18-25(31)35)33-29(38)39-30(3,4)5)26(23-15-13-21(7-2)14-16-23)27(36)32-20-22-11-9-8-10-12-22/h2,6,8-16,24,26H,1,17-20H2,3-5H3,(H2,31,35)(H,32,36)(H,33,38). The largest absolute Gasteiger partial charge is 0.444 e. The molecule has 9 heteroatoms. The number of primary amides is 1. The summed E-state index contributed by atoms with van der Waals surface area (Å²) in [5, 5.41) is 5.42. The normalized spacial score (nSPS) is 12.3. The second-order valence-electron chi connectivity index (χ2n) is 9.86. The molecule has 2 rings (SSSR count). The number of hydrogen-bond acceptors (Lipinski definition) is 5. The van der Waals surface area contributed by atoms with E-state index in [4.69, 9.17) is 16.9 Å². The van der Waals surface area contributed by atoms with Gasteiger partial charge in [-0.3, -0.25) is 14.4 Å². The van der Waals surface area contributed by atoms with Crippen LogP contribution in [0.1, 0.15) is 56.3 Å². The molecule has 2 unspecified atom stereocenters. The summed E-state index contributed by atoms with van der Waals surface area (Å²) in [6, 6.07) is 13.7. The Kier molecular flexibility index (Phi) is 11.3. The highest BCUT2D eigenvalue weighted by molar-refractivity contribution is 5.92. The van der Waals surface area contributed by atoms with Crippen molar-refractivity contribution in [1.29, 1.82) is 0 Å². The number of carbonyl (C=O) groups is 4. The van der Waals surface area contributed by atoms with Crippen LogP contribution >= 0.6 is 0 Å². The zero-order valence-corrected chi connectivity index (χ0v) is 22.6. The van der Waals surface area contributed by atoms with Crippen molar-refractivity contribution < 1.29 is 23.9 Å². The van der Waals surface area contributed by atoms with Crippen molar-refractivity contribution in [3.63, 3.8) is 0 Å². The average molecular weight is 533 g/mol. The van der Waals surface area contributed by atoms with Crippen LogP contribution < -0.4 is 16.4 Å². The van der Waals surface area contributed by atoms with Crippen molar-refractivity contribution in [3.8, 4) is 12.3 Å². The predicted molar refractivity (Wildman–Crippen MR) is 149 cm³/mol. The quantitative estimate of drug-likeness (QED) is 0.285. The van der Waals surface area contributed by atoms with Crippen LogP contribution in [0, 0.1) is 12.3 Å². The van der Waals surface area contributed by atoms with Gasteiger partial charge < -0.3 is 26.0 Å². The maximum absolute atomic E-state index is 13.9. The molecule has 0 saturated heterocycles. The Morgan fingerprint density at radius 1 is 1.10 bits per heavy atom. The first kappa shape index (κ1) is 30.6. The monoisotopic (exact) mass is 532 g/mol. The van der Waals surface area contributed by atoms with Crippen LogP contribution in [0.15, 0.2) is 67.3 Å². The van der Waals surface area contributed by atoms with E-state index in [0.29, 0.717) is 11.1 Å². The number of nitrogens with one attached hydrogen (secondary N) is 2. The van der Waals surface area contributed by atoms with Gasteiger partial charge in [0.1, 0.15) is 17.7 Å². The summed E-state index contributed by atoms with van der Waals surface area (Å²) in [5.41, 5.74) is 6.49. The van der Waals surface area contributed by atoms with Crippen molar-refractivity contribution in [2.75, 3.05) is 6.54 Å². The number of nitrogens with zero attached hydrogens (tertiary/aromatic N) is 1. The summed E-state index contributed by atoms with van der Waals surface area (Å²) < 4.78 is 5.32. The fraction of sp³-hybridized carbons (Fsp3) is 0.333. The Bertz CT molecular complexity index is 1200. The minimum Gasteiger partial charge on any atom is -0.444 e. The highest BCUT2D eigenvalue weighted by Gasteiger charge is 2.35. The lowest BCUT2D eigenvalue weighted by Crippen LogP contribution is -2.53. The number of hydrogen-bond donors (Lipinski definition) is 3. The highest BCUT2D eigenvalue weighted by Crippen LogP contribution is 2.24. The van der Waals surface area contributed by atoms with Crippen molar-refractivity contribution in [2.24, 2.45) is 5.73 Å². The van der Waals surface area contributed by atoms with E-state index in [1.165, 1.54) is 11.0 Å². The van der Waals surface area contributed by atoms with Crippen LogP contribution in [0.5, 0.6) is 0 Å². The van der Waals surface area contributed by atoms with Gasteiger partial charge in [0, 0.05) is 25.1 Å². The number of rotatable bonds is 12. The molecule has 0 aliphatic rings. The van der Waals surface area contributed by atoms with Crippen LogP contribution in [0.25, 0.3) is 0 Å². The number of benzene rings is 2. The summed E-state index contributed by atoms with van der Waals surface area (Å²) in [6.07, 6.45) is 5.87. The summed E-state index contributed by atoms with van der Waals surface area (Å²) in [6.45, 7) is 9.00. The van der Waals surface area contributed by atoms with Gasteiger partial charge in [-0.1, -0.05) is 54.5 Å². The number of amides is 4. The first-order valence-electron chi connectivity index (χ1n) is 12.5. The molecule has 4 N–H and O–H groups in total. The molecule has 4 amide bonds. The van der Waals surface area contributed by atoms with E-state index in [9.17, 15) is 19.2 Å². The van der Waals surface area contributed by atoms with Crippen LogP contribution in [0.3, 0.4) is 0 Å². The molecule has 39 heavy (non-hydrogen) atoms. The molecule has 2 aromatic carbocycles. The molecule has 0 fully saturated rings. The van der Waals surface area contributed by atoms with E-state index in [0.717, 1.165) is 5.56 Å². The number of terminal acetylenes is 1. The third-order valence-corrected chi connectivity index (χ3v) is 5.54. The van der Waals surface area contributed by atoms with Crippen molar-refractivity contribution >= 4 is 23.8 Å². The van der Waals surface area contributed by atoms with Gasteiger partial charge in [-0.25, -0.2) is 4.79 Å². The topological polar surface area (TPSA) is 131 Å². The Morgan fingerprint density at radius 2 is 1.74 bits per heavy atom. The van der Waals surface area contributed by atoms with E-state index in [2.05, 4.69) is 23.1 Å². The van der Waals surface area contributed by atoms with Crippen LogP contribution in [0.4, 0.5) is 4.79 Å². The fourth-order valence-corrected chi connectivity index (χ4v) is 3.77. The molecule has 0 radical (unpaired) electrons. The summed E-state index contributed by atoms with van der Waals surface area (Å²) in [4.78, 5) is 52.9. The molecule has 0 aromatic heterocycles. The van der Waals surface area contributed by atoms with E-state index in [-0.39, 0.29) is 25.9 Å². The second kappa shape index (κ2) is 14.4. The average Bonchev–Trinajstić information content (AvgIpc) is 2.89. The van der Waals surface area contributed by atoms with Gasteiger partial charge in [0.05, 0.1) is 0 Å². The number of carbonyl (C=O) groups excluding carboxylic acids is 4. The lowest BCUT2D eigenvalue weighted by Gasteiger charge is -2.34. The maximum Gasteiger partial charge on any atom is 0.408 e. The molecule has 0 aliphatic carbocycles. The van der Waals surface area contributed by atoms with Gasteiger partial charge in [0.15, 0.2) is 0 Å². The summed E-state index contributed by atoms with van der Waals surface area (Å²) in [7, 11) is 0. The van der Waals surface area contributed by atoms with E-state index in [1.807, 2.05) is 30.3 Å². The molecule has 206 valence electrons. The van der Waals surface area contributed by atoms with Gasteiger partial charge in [-0.15, -0.1) is 13.0 Å². The molecule has 0 heterocycles. The van der Waals surface area contributed by atoms with Crippen molar-refractivity contribution in [1.82, 2.24) is 15.5 Å². The molecule has 0 aliphatic heterocycles. The van der Waals surface area contributed by atoms with Gasteiger partial charge >= 0.3 is 6.09 Å². The van der Waals surface area contributed by atoms with Crippen molar-refractivity contribution in [2.45, 2.75) is 57.8 Å². The Morgan fingerprint density at radius 3 is 2.28 bits per heavy atom. The Balaban J connectivity index is 2.46. The minimum absolute atomic E-state index is 0.0256. The molecule has 0 spiro atoms. The molecule has 2 aromatic rings. The van der Waals surface area contributed by atoms with Gasteiger partial charge in [0.25, 0.3) is 0 Å². The lowest BCUT2D eigenvalue weighted by molar-refractivity contribution is -0.142. The SMILES string of the molecule is C#Cc1ccc(C(C(=O)NCc2ccccc2)N(CC=C)C(=O)C(CCC(N)=O)NC(=O)OC(C)(C)C)cc1. The fourth-order valence-electron chi connectivity index (χ4n) is 3.77. The summed E-state index contributed by atoms with van der Waals surface area (Å²) >= 11 is 0. The zero-order chi connectivity index (χ0) is 29.0. The number of ether oxygens (including phenoxy) is 1.